The van der Waals surface area contributed by atoms with Crippen molar-refractivity contribution in [1.29, 1.82) is 0 Å². The van der Waals surface area contributed by atoms with Crippen LogP contribution in [0.1, 0.15) is 35.2 Å². The Labute approximate surface area is 128 Å². The Balaban J connectivity index is 2.12. The number of likely N-dealkylation sites (N-methyl/N-ethyl adjacent to an activating group) is 1. The summed E-state index contributed by atoms with van der Waals surface area (Å²) in [5.41, 5.74) is 4.93. The summed E-state index contributed by atoms with van der Waals surface area (Å²) in [7, 11) is 0. The molecule has 0 amide bonds. The fourth-order valence-corrected chi connectivity index (χ4v) is 2.51. The number of aryl methyl sites for hydroxylation is 3. The van der Waals surface area contributed by atoms with E-state index in [1.807, 2.05) is 0 Å². The van der Waals surface area contributed by atoms with Crippen molar-refractivity contribution in [2.75, 3.05) is 13.2 Å². The highest BCUT2D eigenvalue weighted by atomic mass is 16.5. The number of nitrogens with one attached hydrogen (secondary N) is 1. The predicted molar refractivity (Wildman–Crippen MR) is 89.0 cm³/mol. The monoisotopic (exact) mass is 283 g/mol. The van der Waals surface area contributed by atoms with Crippen LogP contribution in [-0.2, 0) is 0 Å². The highest BCUT2D eigenvalue weighted by molar-refractivity contribution is 5.39. The largest absolute Gasteiger partial charge is 0.491 e. The Kier molecular flexibility index (Phi) is 5.40. The molecule has 2 rings (SSSR count). The van der Waals surface area contributed by atoms with E-state index in [-0.39, 0.29) is 6.04 Å². The first-order valence-electron chi connectivity index (χ1n) is 7.60. The molecule has 0 aliphatic rings. The molecule has 0 bridgehead atoms. The van der Waals surface area contributed by atoms with E-state index in [9.17, 15) is 0 Å². The van der Waals surface area contributed by atoms with Crippen LogP contribution in [0, 0.1) is 20.8 Å². The Bertz CT molecular complexity index is 554. The first-order chi connectivity index (χ1) is 10.1. The van der Waals surface area contributed by atoms with Gasteiger partial charge in [0.15, 0.2) is 0 Å². The minimum absolute atomic E-state index is 0.217. The quantitative estimate of drug-likeness (QED) is 0.851. The Hall–Kier alpha value is -1.80. The van der Waals surface area contributed by atoms with Gasteiger partial charge in [-0.25, -0.2) is 0 Å². The van der Waals surface area contributed by atoms with Crippen molar-refractivity contribution in [2.45, 2.75) is 33.7 Å². The van der Waals surface area contributed by atoms with Gasteiger partial charge in [0.1, 0.15) is 12.4 Å². The van der Waals surface area contributed by atoms with E-state index in [1.54, 1.807) is 0 Å². The fourth-order valence-electron chi connectivity index (χ4n) is 2.51. The first kappa shape index (κ1) is 15.6. The zero-order chi connectivity index (χ0) is 15.2. The van der Waals surface area contributed by atoms with Crippen LogP contribution < -0.4 is 10.1 Å². The third-order valence-electron chi connectivity index (χ3n) is 3.73. The number of hydrogen-bond donors (Lipinski definition) is 1. The molecule has 2 nitrogen and oxygen atoms in total. The molecule has 112 valence electrons. The van der Waals surface area contributed by atoms with Gasteiger partial charge in [-0.1, -0.05) is 55.0 Å². The van der Waals surface area contributed by atoms with Crippen molar-refractivity contribution in [1.82, 2.24) is 5.32 Å². The minimum atomic E-state index is 0.217. The number of para-hydroxylation sites is 1. The van der Waals surface area contributed by atoms with Gasteiger partial charge in [0.25, 0.3) is 0 Å². The van der Waals surface area contributed by atoms with Gasteiger partial charge in [0.05, 0.1) is 6.04 Å². The normalized spacial score (nSPS) is 12.2. The van der Waals surface area contributed by atoms with Crippen molar-refractivity contribution >= 4 is 0 Å². The van der Waals surface area contributed by atoms with E-state index in [2.05, 4.69) is 75.5 Å². The molecule has 0 spiro atoms. The molecule has 0 heterocycles. The molecule has 0 aliphatic carbocycles. The number of rotatable bonds is 6. The van der Waals surface area contributed by atoms with Gasteiger partial charge < -0.3 is 10.1 Å². The lowest BCUT2D eigenvalue weighted by Crippen LogP contribution is -2.26. The summed E-state index contributed by atoms with van der Waals surface area (Å²) in [6, 6.07) is 15.1. The highest BCUT2D eigenvalue weighted by Crippen LogP contribution is 2.24. The third-order valence-corrected chi connectivity index (χ3v) is 3.73. The van der Waals surface area contributed by atoms with Gasteiger partial charge in [-0.2, -0.15) is 0 Å². The van der Waals surface area contributed by atoms with Gasteiger partial charge in [-0.3, -0.25) is 0 Å². The summed E-state index contributed by atoms with van der Waals surface area (Å²) >= 11 is 0. The Morgan fingerprint density at radius 1 is 0.952 bits per heavy atom. The second kappa shape index (κ2) is 7.28. The number of hydrogen-bond acceptors (Lipinski definition) is 2. The molecular weight excluding hydrogens is 258 g/mol. The van der Waals surface area contributed by atoms with E-state index in [1.165, 1.54) is 22.3 Å². The van der Waals surface area contributed by atoms with E-state index >= 15 is 0 Å². The predicted octanol–water partition coefficient (Wildman–Crippen LogP) is 4.34. The van der Waals surface area contributed by atoms with Crippen LogP contribution in [0.25, 0.3) is 0 Å². The maximum absolute atomic E-state index is 6.10. The molecule has 0 aromatic heterocycles. The minimum Gasteiger partial charge on any atom is -0.491 e. The molecule has 0 radical (unpaired) electrons. The summed E-state index contributed by atoms with van der Waals surface area (Å²) in [4.78, 5) is 0. The standard InChI is InChI=1S/C19H25NO/c1-5-20-18(17-11-9-14(2)10-12-17)13-21-19-15(3)7-6-8-16(19)4/h6-12,18,20H,5,13H2,1-4H3. The maximum Gasteiger partial charge on any atom is 0.125 e. The molecule has 21 heavy (non-hydrogen) atoms. The zero-order valence-corrected chi connectivity index (χ0v) is 13.4. The lowest BCUT2D eigenvalue weighted by atomic mass is 10.1. The molecule has 1 atom stereocenters. The van der Waals surface area contributed by atoms with Gasteiger partial charge in [0.2, 0.25) is 0 Å². The van der Waals surface area contributed by atoms with Crippen LogP contribution in [0.5, 0.6) is 5.75 Å². The van der Waals surface area contributed by atoms with Gasteiger partial charge >= 0.3 is 0 Å². The van der Waals surface area contributed by atoms with E-state index in [4.69, 9.17) is 4.74 Å². The molecule has 0 aliphatic heterocycles. The van der Waals surface area contributed by atoms with Crippen LogP contribution in [0.3, 0.4) is 0 Å². The van der Waals surface area contributed by atoms with Crippen LogP contribution in [0.4, 0.5) is 0 Å². The molecule has 0 saturated heterocycles. The average molecular weight is 283 g/mol. The Morgan fingerprint density at radius 3 is 2.14 bits per heavy atom. The summed E-state index contributed by atoms with van der Waals surface area (Å²) in [5.74, 6) is 1.01. The summed E-state index contributed by atoms with van der Waals surface area (Å²) in [6.07, 6.45) is 0. The van der Waals surface area contributed by atoms with Crippen molar-refractivity contribution in [3.05, 3.63) is 64.7 Å². The maximum atomic E-state index is 6.10. The lowest BCUT2D eigenvalue weighted by Gasteiger charge is -2.21. The average Bonchev–Trinajstić information content (AvgIpc) is 2.46. The molecule has 2 heteroatoms. The van der Waals surface area contributed by atoms with Crippen LogP contribution in [-0.4, -0.2) is 13.2 Å². The summed E-state index contributed by atoms with van der Waals surface area (Å²) < 4.78 is 6.10. The third kappa shape index (κ3) is 4.08. The molecule has 1 unspecified atom stereocenters. The van der Waals surface area contributed by atoms with Crippen molar-refractivity contribution < 1.29 is 4.74 Å². The van der Waals surface area contributed by atoms with Crippen LogP contribution in [0.15, 0.2) is 42.5 Å². The molecule has 2 aromatic carbocycles. The van der Waals surface area contributed by atoms with E-state index in [0.717, 1.165) is 12.3 Å². The van der Waals surface area contributed by atoms with Crippen LogP contribution >= 0.6 is 0 Å². The molecular formula is C19H25NO. The molecule has 0 fully saturated rings. The molecule has 2 aromatic rings. The van der Waals surface area contributed by atoms with Crippen molar-refractivity contribution in [2.24, 2.45) is 0 Å². The summed E-state index contributed by atoms with van der Waals surface area (Å²) in [5, 5.41) is 3.50. The first-order valence-corrected chi connectivity index (χ1v) is 7.60. The second-order valence-corrected chi connectivity index (χ2v) is 5.55. The summed E-state index contributed by atoms with van der Waals surface area (Å²) in [6.45, 7) is 9.99. The zero-order valence-electron chi connectivity index (χ0n) is 13.4. The van der Waals surface area contributed by atoms with E-state index in [0.29, 0.717) is 6.61 Å². The second-order valence-electron chi connectivity index (χ2n) is 5.55. The van der Waals surface area contributed by atoms with E-state index < -0.39 is 0 Å². The van der Waals surface area contributed by atoms with Gasteiger partial charge in [-0.05, 0) is 44.0 Å². The van der Waals surface area contributed by atoms with Crippen molar-refractivity contribution in [3.8, 4) is 5.75 Å². The van der Waals surface area contributed by atoms with Gasteiger partial charge in [-0.15, -0.1) is 0 Å². The van der Waals surface area contributed by atoms with Gasteiger partial charge in [0, 0.05) is 0 Å². The lowest BCUT2D eigenvalue weighted by molar-refractivity contribution is 0.265. The SMILES string of the molecule is CCNC(COc1c(C)cccc1C)c1ccc(C)cc1. The van der Waals surface area contributed by atoms with Crippen molar-refractivity contribution in [3.63, 3.8) is 0 Å². The number of ether oxygens (including phenoxy) is 1. The van der Waals surface area contributed by atoms with Crippen LogP contribution in [0.2, 0.25) is 0 Å². The number of benzene rings is 2. The fraction of sp³-hybridized carbons (Fsp3) is 0.368. The topological polar surface area (TPSA) is 21.3 Å². The smallest absolute Gasteiger partial charge is 0.125 e. The molecule has 0 saturated carbocycles. The molecule has 1 N–H and O–H groups in total. The Morgan fingerprint density at radius 2 is 1.57 bits per heavy atom. The highest BCUT2D eigenvalue weighted by Gasteiger charge is 2.12.